The van der Waals surface area contributed by atoms with Crippen LogP contribution < -0.4 is 26.0 Å². The van der Waals surface area contributed by atoms with Gasteiger partial charge in [-0.3, -0.25) is 14.2 Å². The van der Waals surface area contributed by atoms with Crippen molar-refractivity contribution in [1.82, 2.24) is 9.13 Å². The molecule has 2 heterocycles. The smallest absolute Gasteiger partial charge is 0.331 e. The van der Waals surface area contributed by atoms with Crippen molar-refractivity contribution in [2.45, 2.75) is 25.9 Å². The van der Waals surface area contributed by atoms with Gasteiger partial charge in [-0.25, -0.2) is 9.36 Å². The zero-order valence-corrected chi connectivity index (χ0v) is 14.9. The number of hydrogen-bond donors (Lipinski definition) is 1. The molecular formula is C18H18N4O5. The Bertz CT molecular complexity index is 1060. The number of anilines is 1. The van der Waals surface area contributed by atoms with Gasteiger partial charge >= 0.3 is 5.69 Å². The molecule has 1 aliphatic rings. The van der Waals surface area contributed by atoms with E-state index in [9.17, 15) is 19.6 Å². The number of fused-ring (bicyclic) bond motifs is 1. The second-order valence-electron chi connectivity index (χ2n) is 5.98. The van der Waals surface area contributed by atoms with Gasteiger partial charge in [0.1, 0.15) is 29.7 Å². The van der Waals surface area contributed by atoms with Crippen molar-refractivity contribution in [3.05, 3.63) is 50.3 Å². The van der Waals surface area contributed by atoms with Gasteiger partial charge in [0, 0.05) is 18.3 Å². The van der Waals surface area contributed by atoms with E-state index in [0.717, 1.165) is 4.57 Å². The van der Waals surface area contributed by atoms with Gasteiger partial charge in [-0.1, -0.05) is 0 Å². The summed E-state index contributed by atoms with van der Waals surface area (Å²) in [5, 5.41) is 11.9. The highest BCUT2D eigenvalue weighted by Crippen LogP contribution is 2.28. The molecule has 0 spiro atoms. The molecule has 1 N–H and O–H groups in total. The largest absolute Gasteiger partial charge is 0.497 e. The maximum Gasteiger partial charge on any atom is 0.331 e. The minimum atomic E-state index is -0.743. The summed E-state index contributed by atoms with van der Waals surface area (Å²) >= 11 is 0. The van der Waals surface area contributed by atoms with Crippen molar-refractivity contribution in [3.8, 4) is 17.6 Å². The van der Waals surface area contributed by atoms with Gasteiger partial charge in [0.15, 0.2) is 0 Å². The first-order chi connectivity index (χ1) is 13.0. The number of carbonyl (C=O) groups is 1. The second kappa shape index (κ2) is 7.37. The van der Waals surface area contributed by atoms with Crippen molar-refractivity contribution in [2.75, 3.05) is 19.5 Å². The van der Waals surface area contributed by atoms with Crippen molar-refractivity contribution in [1.29, 1.82) is 5.26 Å². The number of aromatic nitrogens is 2. The lowest BCUT2D eigenvalue weighted by Crippen LogP contribution is -2.44. The fourth-order valence-corrected chi connectivity index (χ4v) is 3.12. The number of carbonyl (C=O) groups excluding carboxylic acids is 1. The van der Waals surface area contributed by atoms with Gasteiger partial charge in [-0.2, -0.15) is 5.26 Å². The maximum absolute atomic E-state index is 12.5. The third-order valence-corrected chi connectivity index (χ3v) is 4.43. The molecule has 0 aliphatic carbocycles. The highest BCUT2D eigenvalue weighted by Gasteiger charge is 2.23. The van der Waals surface area contributed by atoms with E-state index in [2.05, 4.69) is 5.32 Å². The summed E-state index contributed by atoms with van der Waals surface area (Å²) in [5.74, 6) is 0.343. The third kappa shape index (κ3) is 3.29. The Kier molecular flexibility index (Phi) is 4.98. The number of rotatable bonds is 5. The molecule has 9 nitrogen and oxygen atoms in total. The van der Waals surface area contributed by atoms with Crippen molar-refractivity contribution in [3.63, 3.8) is 0 Å². The summed E-state index contributed by atoms with van der Waals surface area (Å²) in [4.78, 5) is 37.4. The van der Waals surface area contributed by atoms with Crippen LogP contribution in [0.15, 0.2) is 27.8 Å². The summed E-state index contributed by atoms with van der Waals surface area (Å²) in [5.41, 5.74) is -0.586. The van der Waals surface area contributed by atoms with Crippen LogP contribution in [0, 0.1) is 11.3 Å². The molecule has 0 radical (unpaired) electrons. The average molecular weight is 370 g/mol. The minimum absolute atomic E-state index is 0.0815. The average Bonchev–Trinajstić information content (AvgIpc) is 3.15. The van der Waals surface area contributed by atoms with Crippen LogP contribution in [-0.2, 0) is 24.3 Å². The van der Waals surface area contributed by atoms with Crippen LogP contribution in [0.1, 0.15) is 17.7 Å². The van der Waals surface area contributed by atoms with Gasteiger partial charge < -0.3 is 14.8 Å². The summed E-state index contributed by atoms with van der Waals surface area (Å²) < 4.78 is 12.5. The van der Waals surface area contributed by atoms with E-state index >= 15 is 0 Å². The van der Waals surface area contributed by atoms with Crippen LogP contribution in [0.5, 0.6) is 11.5 Å². The van der Waals surface area contributed by atoms with E-state index in [1.54, 1.807) is 18.2 Å². The molecule has 2 aromatic rings. The first kappa shape index (κ1) is 18.3. The Morgan fingerprint density at radius 3 is 2.74 bits per heavy atom. The fraction of sp³-hybridized carbons (Fsp3) is 0.333. The number of nitrogens with zero attached hydrogens (tertiary/aromatic N) is 3. The van der Waals surface area contributed by atoms with Gasteiger partial charge in [0.25, 0.3) is 5.56 Å². The van der Waals surface area contributed by atoms with Crippen LogP contribution in [-0.4, -0.2) is 29.3 Å². The molecular weight excluding hydrogens is 352 g/mol. The van der Waals surface area contributed by atoms with Crippen LogP contribution in [0.25, 0.3) is 0 Å². The number of amides is 1. The maximum atomic E-state index is 12.5. The zero-order chi connectivity index (χ0) is 19.6. The topological polar surface area (TPSA) is 115 Å². The number of methoxy groups -OCH3 is 2. The molecule has 0 bridgehead atoms. The summed E-state index contributed by atoms with van der Waals surface area (Å²) in [6.45, 7) is -0.0706. The highest BCUT2D eigenvalue weighted by molar-refractivity contribution is 5.92. The lowest BCUT2D eigenvalue weighted by molar-refractivity contribution is -0.116. The van der Waals surface area contributed by atoms with Crippen molar-refractivity contribution >= 4 is 11.6 Å². The van der Waals surface area contributed by atoms with Crippen LogP contribution in [0.4, 0.5) is 5.69 Å². The predicted octanol–water partition coefficient (Wildman–Crippen LogP) is 0.484. The normalized spacial score (nSPS) is 12.2. The number of nitrogens with one attached hydrogen (secondary N) is 1. The summed E-state index contributed by atoms with van der Waals surface area (Å²) in [7, 11) is 2.95. The van der Waals surface area contributed by atoms with Crippen LogP contribution >= 0.6 is 0 Å². The Labute approximate surface area is 154 Å². The SMILES string of the molecule is COc1ccc(NC(=O)Cn2c(=O)c(C#N)c3n(c2=O)CCC3)c(OC)c1. The third-order valence-electron chi connectivity index (χ3n) is 4.43. The standard InChI is InChI=1S/C18H18N4O5/c1-26-11-5-6-13(15(8-11)27-2)20-16(23)10-22-17(24)12(9-19)14-4-3-7-21(14)18(22)25/h5-6,8H,3-4,7,10H2,1-2H3,(H,20,23). The molecule has 1 amide bonds. The van der Waals surface area contributed by atoms with Crippen molar-refractivity contribution in [2.24, 2.45) is 0 Å². The molecule has 1 aliphatic heterocycles. The van der Waals surface area contributed by atoms with Gasteiger partial charge in [-0.15, -0.1) is 0 Å². The number of benzene rings is 1. The van der Waals surface area contributed by atoms with Gasteiger partial charge in [0.2, 0.25) is 5.91 Å². The molecule has 27 heavy (non-hydrogen) atoms. The Balaban J connectivity index is 1.91. The predicted molar refractivity (Wildman–Crippen MR) is 96.2 cm³/mol. The first-order valence-corrected chi connectivity index (χ1v) is 8.28. The molecule has 9 heteroatoms. The zero-order valence-electron chi connectivity index (χ0n) is 14.9. The monoisotopic (exact) mass is 370 g/mol. The number of nitriles is 1. The van der Waals surface area contributed by atoms with E-state index < -0.39 is 23.7 Å². The minimum Gasteiger partial charge on any atom is -0.497 e. The highest BCUT2D eigenvalue weighted by atomic mass is 16.5. The molecule has 0 atom stereocenters. The molecule has 0 saturated carbocycles. The van der Waals surface area contributed by atoms with E-state index in [1.807, 2.05) is 6.07 Å². The van der Waals surface area contributed by atoms with Gasteiger partial charge in [0.05, 0.1) is 19.9 Å². The quantitative estimate of drug-likeness (QED) is 0.819. The van der Waals surface area contributed by atoms with E-state index in [1.165, 1.54) is 18.8 Å². The van der Waals surface area contributed by atoms with Crippen LogP contribution in [0.3, 0.4) is 0 Å². The lowest BCUT2D eigenvalue weighted by atomic mass is 10.2. The lowest BCUT2D eigenvalue weighted by Gasteiger charge is -2.13. The summed E-state index contributed by atoms with van der Waals surface area (Å²) in [6, 6.07) is 6.69. The van der Waals surface area contributed by atoms with E-state index in [-0.39, 0.29) is 5.56 Å². The Morgan fingerprint density at radius 1 is 1.30 bits per heavy atom. The van der Waals surface area contributed by atoms with Gasteiger partial charge in [-0.05, 0) is 25.0 Å². The Hall–Kier alpha value is -3.54. The molecule has 0 saturated heterocycles. The molecule has 140 valence electrons. The molecule has 0 fully saturated rings. The van der Waals surface area contributed by atoms with Crippen molar-refractivity contribution < 1.29 is 14.3 Å². The first-order valence-electron chi connectivity index (χ1n) is 8.28. The molecule has 3 rings (SSSR count). The fourth-order valence-electron chi connectivity index (χ4n) is 3.12. The number of ether oxygens (including phenoxy) is 2. The van der Waals surface area contributed by atoms with E-state index in [0.29, 0.717) is 42.3 Å². The molecule has 0 unspecified atom stereocenters. The second-order valence-corrected chi connectivity index (χ2v) is 5.98. The Morgan fingerprint density at radius 2 is 2.07 bits per heavy atom. The van der Waals surface area contributed by atoms with Crippen LogP contribution in [0.2, 0.25) is 0 Å². The molecule has 1 aromatic heterocycles. The number of hydrogen-bond acceptors (Lipinski definition) is 6. The molecule has 1 aromatic carbocycles. The summed E-state index contributed by atoms with van der Waals surface area (Å²) in [6.07, 6.45) is 1.19. The van der Waals surface area contributed by atoms with E-state index in [4.69, 9.17) is 9.47 Å².